The Kier molecular flexibility index (Phi) is 3.94. The van der Waals surface area contributed by atoms with Crippen molar-refractivity contribution in [1.82, 2.24) is 9.97 Å². The molecule has 16 heavy (non-hydrogen) atoms. The third-order valence-electron chi connectivity index (χ3n) is 2.86. The van der Waals surface area contributed by atoms with Crippen molar-refractivity contribution in [2.45, 2.75) is 32.1 Å². The van der Waals surface area contributed by atoms with Gasteiger partial charge in [0.2, 0.25) is 0 Å². The molecule has 0 aliphatic carbocycles. The number of benzene rings is 1. The molecule has 2 rings (SSSR count). The molecule has 0 bridgehead atoms. The second kappa shape index (κ2) is 5.66. The lowest BCUT2D eigenvalue weighted by Crippen LogP contribution is -1.88. The Hall–Kier alpha value is -1.35. The molecule has 1 aromatic carbocycles. The number of aliphatic hydroxyl groups is 1. The third-order valence-corrected chi connectivity index (χ3v) is 2.86. The van der Waals surface area contributed by atoms with Gasteiger partial charge in [-0.25, -0.2) is 4.98 Å². The van der Waals surface area contributed by atoms with Crippen LogP contribution in [0.25, 0.3) is 11.0 Å². The first-order chi connectivity index (χ1) is 7.90. The molecule has 2 N–H and O–H groups in total. The van der Waals surface area contributed by atoms with Gasteiger partial charge in [-0.05, 0) is 37.0 Å². The van der Waals surface area contributed by atoms with Crippen LogP contribution in [0.15, 0.2) is 24.5 Å². The van der Waals surface area contributed by atoms with Gasteiger partial charge in [-0.15, -0.1) is 0 Å². The number of H-pyrrole nitrogens is 1. The molecule has 0 radical (unpaired) electrons. The fourth-order valence-electron chi connectivity index (χ4n) is 1.93. The molecule has 0 saturated carbocycles. The highest BCUT2D eigenvalue weighted by molar-refractivity contribution is 5.74. The molecule has 1 aromatic heterocycles. The van der Waals surface area contributed by atoms with Crippen LogP contribution in [0.5, 0.6) is 0 Å². The van der Waals surface area contributed by atoms with Gasteiger partial charge < -0.3 is 10.1 Å². The highest BCUT2D eigenvalue weighted by Gasteiger charge is 1.98. The van der Waals surface area contributed by atoms with E-state index in [0.29, 0.717) is 6.61 Å². The van der Waals surface area contributed by atoms with Gasteiger partial charge in [0.15, 0.2) is 0 Å². The Morgan fingerprint density at radius 2 is 2.00 bits per heavy atom. The summed E-state index contributed by atoms with van der Waals surface area (Å²) in [6.45, 7) is 0.320. The molecule has 3 heteroatoms. The minimum absolute atomic E-state index is 0.320. The zero-order chi connectivity index (χ0) is 11.2. The van der Waals surface area contributed by atoms with Gasteiger partial charge >= 0.3 is 0 Å². The van der Waals surface area contributed by atoms with Crippen molar-refractivity contribution in [1.29, 1.82) is 0 Å². The second-order valence-corrected chi connectivity index (χ2v) is 4.14. The quantitative estimate of drug-likeness (QED) is 0.732. The van der Waals surface area contributed by atoms with E-state index in [2.05, 4.69) is 28.2 Å². The summed E-state index contributed by atoms with van der Waals surface area (Å²) in [5.74, 6) is 0. The molecule has 0 aliphatic heterocycles. The summed E-state index contributed by atoms with van der Waals surface area (Å²) in [6.07, 6.45) is 7.29. The smallest absolute Gasteiger partial charge is 0.0931 e. The van der Waals surface area contributed by atoms with E-state index in [0.717, 1.165) is 30.3 Å². The second-order valence-electron chi connectivity index (χ2n) is 4.14. The molecular weight excluding hydrogens is 200 g/mol. The first kappa shape index (κ1) is 11.1. The van der Waals surface area contributed by atoms with Crippen molar-refractivity contribution in [3.05, 3.63) is 30.1 Å². The molecule has 0 unspecified atom stereocenters. The highest BCUT2D eigenvalue weighted by atomic mass is 16.2. The molecule has 0 spiro atoms. The lowest BCUT2D eigenvalue weighted by Gasteiger charge is -2.01. The van der Waals surface area contributed by atoms with Crippen LogP contribution in [0.3, 0.4) is 0 Å². The highest BCUT2D eigenvalue weighted by Crippen LogP contribution is 2.14. The molecule has 86 valence electrons. The molecule has 0 fully saturated rings. The van der Waals surface area contributed by atoms with Gasteiger partial charge in [0.25, 0.3) is 0 Å². The number of nitrogens with one attached hydrogen (secondary N) is 1. The minimum atomic E-state index is 0.320. The maximum atomic E-state index is 8.67. The average molecular weight is 218 g/mol. The summed E-state index contributed by atoms with van der Waals surface area (Å²) in [5, 5.41) is 8.67. The van der Waals surface area contributed by atoms with Crippen LogP contribution >= 0.6 is 0 Å². The van der Waals surface area contributed by atoms with Crippen LogP contribution in [0.4, 0.5) is 0 Å². The fraction of sp³-hybridized carbons (Fsp3) is 0.462. The van der Waals surface area contributed by atoms with Crippen LogP contribution in [-0.2, 0) is 6.42 Å². The number of hydrogen-bond acceptors (Lipinski definition) is 2. The third kappa shape index (κ3) is 2.83. The first-order valence-corrected chi connectivity index (χ1v) is 5.93. The first-order valence-electron chi connectivity index (χ1n) is 5.93. The predicted molar refractivity (Wildman–Crippen MR) is 65.4 cm³/mol. The van der Waals surface area contributed by atoms with Crippen molar-refractivity contribution in [2.24, 2.45) is 0 Å². The number of unbranched alkanes of at least 4 members (excludes halogenated alkanes) is 3. The zero-order valence-corrected chi connectivity index (χ0v) is 9.45. The molecule has 0 atom stereocenters. The topological polar surface area (TPSA) is 48.9 Å². The van der Waals surface area contributed by atoms with Crippen molar-refractivity contribution in [2.75, 3.05) is 6.61 Å². The Balaban J connectivity index is 1.84. The number of aryl methyl sites for hydroxylation is 1. The monoisotopic (exact) mass is 218 g/mol. The van der Waals surface area contributed by atoms with E-state index in [9.17, 15) is 0 Å². The SMILES string of the molecule is OCCCCCCc1ccc2nc[nH]c2c1. The zero-order valence-electron chi connectivity index (χ0n) is 9.45. The molecule has 1 heterocycles. The van der Waals surface area contributed by atoms with Crippen LogP contribution in [-0.4, -0.2) is 21.7 Å². The van der Waals surface area contributed by atoms with E-state index in [1.165, 1.54) is 18.4 Å². The number of aliphatic hydroxyl groups excluding tert-OH is 1. The molecule has 0 aliphatic rings. The average Bonchev–Trinajstić information content (AvgIpc) is 2.76. The molecule has 0 amide bonds. The standard InChI is InChI=1S/C13H18N2O/c16-8-4-2-1-3-5-11-6-7-12-13(9-11)15-10-14-12/h6-7,9-10,16H,1-5,8H2,(H,14,15). The van der Waals surface area contributed by atoms with Gasteiger partial charge in [-0.1, -0.05) is 18.9 Å². The van der Waals surface area contributed by atoms with Crippen molar-refractivity contribution in [3.63, 3.8) is 0 Å². The van der Waals surface area contributed by atoms with Crippen LogP contribution in [0.1, 0.15) is 31.2 Å². The number of hydrogen-bond donors (Lipinski definition) is 2. The Morgan fingerprint density at radius 1 is 1.12 bits per heavy atom. The summed E-state index contributed by atoms with van der Waals surface area (Å²) < 4.78 is 0. The number of imidazole rings is 1. The summed E-state index contributed by atoms with van der Waals surface area (Å²) >= 11 is 0. The lowest BCUT2D eigenvalue weighted by molar-refractivity contribution is 0.282. The number of aromatic amines is 1. The predicted octanol–water partition coefficient (Wildman–Crippen LogP) is 2.66. The summed E-state index contributed by atoms with van der Waals surface area (Å²) in [4.78, 5) is 7.32. The van der Waals surface area contributed by atoms with Gasteiger partial charge in [0.1, 0.15) is 0 Å². The van der Waals surface area contributed by atoms with E-state index in [1.54, 1.807) is 6.33 Å². The molecule has 3 nitrogen and oxygen atoms in total. The Morgan fingerprint density at radius 3 is 2.88 bits per heavy atom. The number of fused-ring (bicyclic) bond motifs is 1. The van der Waals surface area contributed by atoms with Crippen LogP contribution in [0.2, 0.25) is 0 Å². The van der Waals surface area contributed by atoms with Gasteiger partial charge in [-0.2, -0.15) is 0 Å². The van der Waals surface area contributed by atoms with E-state index < -0.39 is 0 Å². The van der Waals surface area contributed by atoms with E-state index in [1.807, 2.05) is 0 Å². The number of aromatic nitrogens is 2. The summed E-state index contributed by atoms with van der Waals surface area (Å²) in [5.41, 5.74) is 3.51. The van der Waals surface area contributed by atoms with Crippen LogP contribution < -0.4 is 0 Å². The molecular formula is C13H18N2O. The van der Waals surface area contributed by atoms with Gasteiger partial charge in [0.05, 0.1) is 17.4 Å². The van der Waals surface area contributed by atoms with Crippen molar-refractivity contribution in [3.8, 4) is 0 Å². The maximum absolute atomic E-state index is 8.67. The Bertz CT molecular complexity index is 436. The lowest BCUT2D eigenvalue weighted by atomic mass is 10.1. The van der Waals surface area contributed by atoms with E-state index in [-0.39, 0.29) is 0 Å². The van der Waals surface area contributed by atoms with E-state index >= 15 is 0 Å². The summed E-state index contributed by atoms with van der Waals surface area (Å²) in [6, 6.07) is 6.39. The minimum Gasteiger partial charge on any atom is -0.396 e. The van der Waals surface area contributed by atoms with Crippen molar-refractivity contribution < 1.29 is 5.11 Å². The van der Waals surface area contributed by atoms with Gasteiger partial charge in [0, 0.05) is 6.61 Å². The molecule has 2 aromatic rings. The van der Waals surface area contributed by atoms with Crippen LogP contribution in [0, 0.1) is 0 Å². The Labute approximate surface area is 95.5 Å². The number of rotatable bonds is 6. The van der Waals surface area contributed by atoms with Gasteiger partial charge in [-0.3, -0.25) is 0 Å². The normalized spacial score (nSPS) is 11.1. The van der Waals surface area contributed by atoms with E-state index in [4.69, 9.17) is 5.11 Å². The largest absolute Gasteiger partial charge is 0.396 e. The maximum Gasteiger partial charge on any atom is 0.0931 e. The number of nitrogens with zero attached hydrogens (tertiary/aromatic N) is 1. The van der Waals surface area contributed by atoms with Crippen molar-refractivity contribution >= 4 is 11.0 Å². The fourth-order valence-corrected chi connectivity index (χ4v) is 1.93. The summed E-state index contributed by atoms with van der Waals surface area (Å²) in [7, 11) is 0. The molecule has 0 saturated heterocycles.